The van der Waals surface area contributed by atoms with Crippen LogP contribution in [0.15, 0.2) is 24.4 Å². The summed E-state index contributed by atoms with van der Waals surface area (Å²) >= 11 is 0. The minimum Gasteiger partial charge on any atom is -0.361 e. The van der Waals surface area contributed by atoms with Gasteiger partial charge in [-0.15, -0.1) is 10.2 Å². The number of carbonyl (C=O) groups excluding carboxylic acids is 1. The van der Waals surface area contributed by atoms with Crippen LogP contribution < -0.4 is 5.32 Å². The molecule has 1 N–H and O–H groups in total. The molecular formula is C39H60FN9O3Si2. The first kappa shape index (κ1) is 40.1. The van der Waals surface area contributed by atoms with Gasteiger partial charge in [0, 0.05) is 58.4 Å². The molecule has 4 aromatic rings. The van der Waals surface area contributed by atoms with E-state index in [-0.39, 0.29) is 30.4 Å². The molecule has 4 aromatic heterocycles. The third-order valence-corrected chi connectivity index (χ3v) is 14.0. The van der Waals surface area contributed by atoms with Crippen molar-refractivity contribution in [1.29, 1.82) is 0 Å². The van der Waals surface area contributed by atoms with Gasteiger partial charge in [0.1, 0.15) is 36.7 Å². The first-order chi connectivity index (χ1) is 25.5. The highest BCUT2D eigenvalue weighted by molar-refractivity contribution is 6.76. The molecule has 0 aliphatic heterocycles. The molecule has 54 heavy (non-hydrogen) atoms. The Balaban J connectivity index is 1.29. The van der Waals surface area contributed by atoms with Gasteiger partial charge in [-0.1, -0.05) is 39.3 Å². The van der Waals surface area contributed by atoms with Crippen molar-refractivity contribution in [3.8, 4) is 22.6 Å². The van der Waals surface area contributed by atoms with Gasteiger partial charge < -0.3 is 14.8 Å². The van der Waals surface area contributed by atoms with Gasteiger partial charge in [-0.05, 0) is 101 Å². The fourth-order valence-electron chi connectivity index (χ4n) is 7.29. The smallest absolute Gasteiger partial charge is 0.236 e. The normalized spacial score (nSPS) is 15.8. The second kappa shape index (κ2) is 16.3. The van der Waals surface area contributed by atoms with Crippen molar-refractivity contribution in [3.63, 3.8) is 0 Å². The number of pyridine rings is 1. The Hall–Kier alpha value is -3.54. The lowest BCUT2D eigenvalue weighted by atomic mass is 9.82. The molecule has 2 fully saturated rings. The lowest BCUT2D eigenvalue weighted by Crippen LogP contribution is -2.33. The molecule has 0 saturated heterocycles. The molecule has 2 aliphatic rings. The zero-order valence-corrected chi connectivity index (χ0v) is 35.9. The molecular weight excluding hydrogens is 718 g/mol. The van der Waals surface area contributed by atoms with Crippen LogP contribution in [-0.4, -0.2) is 74.6 Å². The van der Waals surface area contributed by atoms with E-state index in [0.717, 1.165) is 49.2 Å². The van der Waals surface area contributed by atoms with Crippen LogP contribution in [0.25, 0.3) is 22.6 Å². The average molecular weight is 778 g/mol. The summed E-state index contributed by atoms with van der Waals surface area (Å²) in [7, 11) is -2.56. The van der Waals surface area contributed by atoms with Crippen LogP contribution in [0.2, 0.25) is 51.4 Å². The summed E-state index contributed by atoms with van der Waals surface area (Å²) in [5, 5.41) is 21.7. The molecule has 4 heterocycles. The number of hydrogen-bond donors (Lipinski definition) is 1. The van der Waals surface area contributed by atoms with Crippen LogP contribution in [0.3, 0.4) is 0 Å². The highest BCUT2D eigenvalue weighted by atomic mass is 28.3. The predicted octanol–water partition coefficient (Wildman–Crippen LogP) is 8.52. The van der Waals surface area contributed by atoms with E-state index in [1.54, 1.807) is 23.0 Å². The molecule has 2 aliphatic carbocycles. The van der Waals surface area contributed by atoms with Gasteiger partial charge in [0.2, 0.25) is 11.9 Å². The molecule has 1 amide bonds. The molecule has 1 atom stereocenters. The van der Waals surface area contributed by atoms with Gasteiger partial charge in [-0.25, -0.2) is 9.67 Å². The van der Waals surface area contributed by atoms with E-state index in [1.807, 2.05) is 29.2 Å². The summed E-state index contributed by atoms with van der Waals surface area (Å²) in [4.78, 5) is 18.9. The summed E-state index contributed by atoms with van der Waals surface area (Å²) in [5.41, 5.74) is 3.33. The number of nitrogens with zero attached hydrogens (tertiary/aromatic N) is 8. The summed E-state index contributed by atoms with van der Waals surface area (Å²) in [6.45, 7) is 23.7. The van der Waals surface area contributed by atoms with Crippen LogP contribution in [0.1, 0.15) is 68.7 Å². The second-order valence-electron chi connectivity index (χ2n) is 18.1. The van der Waals surface area contributed by atoms with Crippen LogP contribution in [-0.2, 0) is 27.7 Å². The van der Waals surface area contributed by atoms with Crippen LogP contribution in [0, 0.1) is 37.5 Å². The molecule has 1 unspecified atom stereocenters. The fraction of sp³-hybridized carbons (Fsp3) is 0.641. The first-order valence-corrected chi connectivity index (χ1v) is 27.1. The van der Waals surface area contributed by atoms with E-state index in [2.05, 4.69) is 73.6 Å². The highest BCUT2D eigenvalue weighted by Gasteiger charge is 2.50. The van der Waals surface area contributed by atoms with E-state index < -0.39 is 28.0 Å². The Kier molecular flexibility index (Phi) is 12.1. The second-order valence-corrected chi connectivity index (χ2v) is 29.3. The van der Waals surface area contributed by atoms with Gasteiger partial charge in [0.15, 0.2) is 5.82 Å². The van der Waals surface area contributed by atoms with Crippen molar-refractivity contribution in [2.45, 2.75) is 130 Å². The van der Waals surface area contributed by atoms with Crippen molar-refractivity contribution < 1.29 is 18.7 Å². The number of rotatable bonds is 19. The van der Waals surface area contributed by atoms with Crippen molar-refractivity contribution in [2.24, 2.45) is 17.8 Å². The Labute approximate surface area is 321 Å². The number of carbonyl (C=O) groups is 1. The molecule has 15 heteroatoms. The van der Waals surface area contributed by atoms with Gasteiger partial charge in [0.25, 0.3) is 0 Å². The van der Waals surface area contributed by atoms with E-state index in [1.165, 1.54) is 0 Å². The lowest BCUT2D eigenvalue weighted by molar-refractivity contribution is -0.119. The fourth-order valence-corrected chi connectivity index (χ4v) is 8.80. The molecule has 0 spiro atoms. The van der Waals surface area contributed by atoms with Gasteiger partial charge in [-0.2, -0.15) is 14.6 Å². The number of halogens is 1. The minimum atomic E-state index is -1.34. The van der Waals surface area contributed by atoms with E-state index in [4.69, 9.17) is 19.7 Å². The largest absolute Gasteiger partial charge is 0.361 e. The van der Waals surface area contributed by atoms with Crippen LogP contribution >= 0.6 is 0 Å². The topological polar surface area (TPSA) is 127 Å². The quantitative estimate of drug-likeness (QED) is 0.0571. The van der Waals surface area contributed by atoms with Crippen molar-refractivity contribution in [2.75, 3.05) is 18.5 Å². The maximum absolute atomic E-state index is 16.0. The molecule has 294 valence electrons. The van der Waals surface area contributed by atoms with Gasteiger partial charge >= 0.3 is 0 Å². The predicted molar refractivity (Wildman–Crippen MR) is 215 cm³/mol. The zero-order chi connectivity index (χ0) is 38.9. The lowest BCUT2D eigenvalue weighted by Gasteiger charge is -2.27. The first-order valence-electron chi connectivity index (χ1n) is 19.7. The summed E-state index contributed by atoms with van der Waals surface area (Å²) in [6.07, 6.45) is 6.08. The summed E-state index contributed by atoms with van der Waals surface area (Å²) in [5.74, 6) is 0.737. The number of aryl methyl sites for hydroxylation is 1. The molecule has 0 bridgehead atoms. The average Bonchev–Trinajstić information content (AvgIpc) is 3.99. The maximum atomic E-state index is 16.0. The van der Waals surface area contributed by atoms with Crippen LogP contribution in [0.5, 0.6) is 0 Å². The Bertz CT molecular complexity index is 1910. The van der Waals surface area contributed by atoms with Gasteiger partial charge in [-0.3, -0.25) is 14.0 Å². The number of ether oxygens (including phenoxy) is 2. The maximum Gasteiger partial charge on any atom is 0.236 e. The minimum absolute atomic E-state index is 0.0889. The van der Waals surface area contributed by atoms with E-state index in [9.17, 15) is 4.79 Å². The highest BCUT2D eigenvalue weighted by Crippen LogP contribution is 2.55. The molecule has 0 aromatic carbocycles. The Morgan fingerprint density at radius 1 is 0.926 bits per heavy atom. The van der Waals surface area contributed by atoms with Crippen molar-refractivity contribution in [3.05, 3.63) is 47.6 Å². The Morgan fingerprint density at radius 3 is 2.13 bits per heavy atom. The monoisotopic (exact) mass is 777 g/mol. The van der Waals surface area contributed by atoms with Crippen molar-refractivity contribution in [1.82, 2.24) is 39.3 Å². The SMILES string of the molecule is Cc1nn(COCC[Si](C)(C)C)c(C)c1-c1ccc(NC(=O)C(c2nnc(-c3ccnn3C(C)C)n2COCC[Si](C)(C)C)C(C2CC2)C2CC2)nc1F. The van der Waals surface area contributed by atoms with E-state index >= 15 is 4.39 Å². The molecule has 2 saturated carbocycles. The third-order valence-electron chi connectivity index (χ3n) is 10.6. The van der Waals surface area contributed by atoms with Crippen LogP contribution in [0.4, 0.5) is 10.2 Å². The number of amides is 1. The van der Waals surface area contributed by atoms with Crippen molar-refractivity contribution >= 4 is 27.9 Å². The summed E-state index contributed by atoms with van der Waals surface area (Å²) in [6, 6.07) is 7.46. The van der Waals surface area contributed by atoms with E-state index in [0.29, 0.717) is 60.3 Å². The molecule has 6 rings (SSSR count). The van der Waals surface area contributed by atoms with Gasteiger partial charge in [0.05, 0.1) is 5.69 Å². The number of anilines is 1. The Morgan fingerprint density at radius 2 is 1.56 bits per heavy atom. The molecule has 0 radical (unpaired) electrons. The number of hydrogen-bond acceptors (Lipinski definition) is 8. The number of nitrogens with one attached hydrogen (secondary N) is 1. The molecule has 12 nitrogen and oxygen atoms in total. The summed E-state index contributed by atoms with van der Waals surface area (Å²) < 4.78 is 33.9. The zero-order valence-electron chi connectivity index (χ0n) is 33.9. The third kappa shape index (κ3) is 9.63. The number of aromatic nitrogens is 8. The standard InChI is InChI=1S/C39H60FN9O3Si2/c1-25(2)49-31(17-18-41-49)37-44-45-38(47(37)23-51-19-21-53(5,6)7)35(34(28-11-12-28)29-13-14-29)39(50)43-32-16-15-30(36(40)42-32)33-26(3)46-48(27(33)4)24-52-20-22-54(8,9)10/h15-18,25,28-29,34-35H,11-14,19-24H2,1-10H3,(H,42,43,50).